The summed E-state index contributed by atoms with van der Waals surface area (Å²) in [6.45, 7) is 1.69. The third kappa shape index (κ3) is 4.22. The van der Waals surface area contributed by atoms with Crippen LogP contribution in [0.3, 0.4) is 0 Å². The number of hydrogen-bond donors (Lipinski definition) is 1. The number of fused-ring (bicyclic) bond motifs is 3. The number of aromatic amines is 1. The lowest BCUT2D eigenvalue weighted by Crippen LogP contribution is -2.44. The Morgan fingerprint density at radius 2 is 2.06 bits per heavy atom. The largest absolute Gasteiger partial charge is 0.497 e. The van der Waals surface area contributed by atoms with Crippen molar-refractivity contribution in [2.75, 3.05) is 27.2 Å². The average Bonchev–Trinajstić information content (AvgIpc) is 3.22. The van der Waals surface area contributed by atoms with E-state index < -0.39 is 0 Å². The van der Waals surface area contributed by atoms with Gasteiger partial charge in [-0.15, -0.1) is 0 Å². The van der Waals surface area contributed by atoms with Gasteiger partial charge in [-0.1, -0.05) is 36.4 Å². The molecule has 33 heavy (non-hydrogen) atoms. The molecule has 168 valence electrons. The maximum atomic E-state index is 13.6. The zero-order valence-corrected chi connectivity index (χ0v) is 19.0. The molecule has 0 bridgehead atoms. The van der Waals surface area contributed by atoms with Gasteiger partial charge < -0.3 is 14.6 Å². The third-order valence-electron chi connectivity index (χ3n) is 6.34. The van der Waals surface area contributed by atoms with Gasteiger partial charge in [0.1, 0.15) is 5.75 Å². The minimum Gasteiger partial charge on any atom is -0.497 e. The van der Waals surface area contributed by atoms with Gasteiger partial charge in [0.2, 0.25) is 5.91 Å². The molecule has 0 fully saturated rings. The number of carbonyl (C=O) groups excluding carboxylic acids is 1. The Kier molecular flexibility index (Phi) is 5.84. The first-order valence-electron chi connectivity index (χ1n) is 11.2. The molecule has 0 unspecified atom stereocenters. The number of benzene rings is 2. The Morgan fingerprint density at radius 1 is 1.18 bits per heavy atom. The predicted octanol–water partition coefficient (Wildman–Crippen LogP) is 4.18. The lowest BCUT2D eigenvalue weighted by Gasteiger charge is -2.37. The molecule has 0 saturated heterocycles. The fourth-order valence-corrected chi connectivity index (χ4v) is 4.85. The van der Waals surface area contributed by atoms with Crippen LogP contribution >= 0.6 is 0 Å². The molecule has 4 aromatic rings. The third-order valence-corrected chi connectivity index (χ3v) is 6.34. The minimum atomic E-state index is -0.185. The number of aromatic nitrogens is 2. The summed E-state index contributed by atoms with van der Waals surface area (Å²) in [6, 6.07) is 20.2. The topological polar surface area (TPSA) is 61.5 Å². The number of hydrogen-bond acceptors (Lipinski definition) is 4. The predicted molar refractivity (Wildman–Crippen MR) is 129 cm³/mol. The summed E-state index contributed by atoms with van der Waals surface area (Å²) in [5.41, 5.74) is 5.64. The fraction of sp³-hybridized carbons (Fsp3) is 0.259. The first-order chi connectivity index (χ1) is 16.1. The molecular weight excluding hydrogens is 412 g/mol. The quantitative estimate of drug-likeness (QED) is 0.489. The Labute approximate surface area is 193 Å². The molecular formula is C27H28N4O2. The molecule has 0 aliphatic carbocycles. The number of carbonyl (C=O) groups is 1. The van der Waals surface area contributed by atoms with E-state index in [1.165, 1.54) is 10.9 Å². The van der Waals surface area contributed by atoms with Crippen molar-refractivity contribution in [3.63, 3.8) is 0 Å². The standard InChI is InChI=1S/C27H28N4O2/c1-30(17-19-7-6-13-28-16-19)18-25(32)31-14-12-23-22-10-3-4-11-24(22)29-26(23)27(31)20-8-5-9-21(15-20)33-2/h3-11,13,15-16,27,29H,12,14,17-18H2,1-2H3/t27-/m1/s1. The van der Waals surface area contributed by atoms with E-state index in [0.717, 1.165) is 34.5 Å². The first-order valence-corrected chi connectivity index (χ1v) is 11.2. The number of methoxy groups -OCH3 is 1. The summed E-state index contributed by atoms with van der Waals surface area (Å²) in [5, 5.41) is 1.24. The Bertz CT molecular complexity index is 1270. The average molecular weight is 441 g/mol. The molecule has 0 saturated carbocycles. The van der Waals surface area contributed by atoms with Crippen molar-refractivity contribution in [3.05, 3.63) is 95.4 Å². The monoisotopic (exact) mass is 440 g/mol. The van der Waals surface area contributed by atoms with E-state index in [1.54, 1.807) is 13.3 Å². The number of nitrogens with zero attached hydrogens (tertiary/aromatic N) is 3. The van der Waals surface area contributed by atoms with Gasteiger partial charge in [0, 0.05) is 42.1 Å². The van der Waals surface area contributed by atoms with Crippen LogP contribution in [0, 0.1) is 0 Å². The molecule has 1 aliphatic rings. The van der Waals surface area contributed by atoms with E-state index in [2.05, 4.69) is 34.2 Å². The molecule has 1 N–H and O–H groups in total. The van der Waals surface area contributed by atoms with Crippen molar-refractivity contribution in [2.24, 2.45) is 0 Å². The van der Waals surface area contributed by atoms with Crippen LogP contribution in [0.4, 0.5) is 0 Å². The van der Waals surface area contributed by atoms with Gasteiger partial charge in [-0.05, 0) is 54.4 Å². The SMILES string of the molecule is COc1cccc([C@@H]2c3[nH]c4ccccc4c3CCN2C(=O)CN(C)Cc2cccnc2)c1. The molecule has 2 aromatic carbocycles. The number of para-hydroxylation sites is 1. The van der Waals surface area contributed by atoms with E-state index in [0.29, 0.717) is 19.6 Å². The number of rotatable bonds is 6. The highest BCUT2D eigenvalue weighted by atomic mass is 16.5. The van der Waals surface area contributed by atoms with Gasteiger partial charge in [0.05, 0.1) is 19.7 Å². The molecule has 1 amide bonds. The van der Waals surface area contributed by atoms with E-state index in [4.69, 9.17) is 4.74 Å². The normalized spacial score (nSPS) is 15.6. The van der Waals surface area contributed by atoms with Crippen LogP contribution in [-0.2, 0) is 17.8 Å². The van der Waals surface area contributed by atoms with Gasteiger partial charge in [-0.3, -0.25) is 14.7 Å². The molecule has 5 rings (SSSR count). The van der Waals surface area contributed by atoms with Crippen LogP contribution in [0.1, 0.15) is 28.4 Å². The lowest BCUT2D eigenvalue weighted by molar-refractivity contribution is -0.134. The molecule has 0 spiro atoms. The summed E-state index contributed by atoms with van der Waals surface area (Å²) in [5.74, 6) is 0.898. The van der Waals surface area contributed by atoms with Crippen LogP contribution in [0.15, 0.2) is 73.1 Å². The smallest absolute Gasteiger partial charge is 0.237 e. The number of amides is 1. The molecule has 0 radical (unpaired) electrons. The Morgan fingerprint density at radius 3 is 2.88 bits per heavy atom. The van der Waals surface area contributed by atoms with Crippen molar-refractivity contribution in [1.82, 2.24) is 19.8 Å². The van der Waals surface area contributed by atoms with Gasteiger partial charge in [-0.2, -0.15) is 0 Å². The minimum absolute atomic E-state index is 0.110. The van der Waals surface area contributed by atoms with Gasteiger partial charge in [0.15, 0.2) is 0 Å². The summed E-state index contributed by atoms with van der Waals surface area (Å²) in [4.78, 5) is 25.4. The van der Waals surface area contributed by atoms with E-state index in [-0.39, 0.29) is 11.9 Å². The molecule has 3 heterocycles. The van der Waals surface area contributed by atoms with E-state index in [9.17, 15) is 4.79 Å². The highest BCUT2D eigenvalue weighted by molar-refractivity contribution is 5.87. The van der Waals surface area contributed by atoms with Crippen LogP contribution in [0.2, 0.25) is 0 Å². The van der Waals surface area contributed by atoms with Crippen molar-refractivity contribution in [1.29, 1.82) is 0 Å². The van der Waals surface area contributed by atoms with Crippen molar-refractivity contribution >= 4 is 16.8 Å². The molecule has 1 atom stereocenters. The Hall–Kier alpha value is -3.64. The summed E-state index contributed by atoms with van der Waals surface area (Å²) < 4.78 is 5.49. The van der Waals surface area contributed by atoms with E-state index >= 15 is 0 Å². The molecule has 2 aromatic heterocycles. The van der Waals surface area contributed by atoms with Crippen molar-refractivity contribution in [2.45, 2.75) is 19.0 Å². The second kappa shape index (κ2) is 9.08. The van der Waals surface area contributed by atoms with Crippen LogP contribution < -0.4 is 4.74 Å². The number of nitrogens with one attached hydrogen (secondary N) is 1. The fourth-order valence-electron chi connectivity index (χ4n) is 4.85. The zero-order chi connectivity index (χ0) is 22.8. The molecule has 6 nitrogen and oxygen atoms in total. The second-order valence-electron chi connectivity index (χ2n) is 8.61. The van der Waals surface area contributed by atoms with Gasteiger partial charge in [0.25, 0.3) is 0 Å². The lowest BCUT2D eigenvalue weighted by atomic mass is 9.92. The second-order valence-corrected chi connectivity index (χ2v) is 8.61. The van der Waals surface area contributed by atoms with E-state index in [1.807, 2.05) is 59.4 Å². The Balaban J connectivity index is 1.48. The van der Waals surface area contributed by atoms with Gasteiger partial charge >= 0.3 is 0 Å². The number of pyridine rings is 1. The van der Waals surface area contributed by atoms with Gasteiger partial charge in [-0.25, -0.2) is 0 Å². The number of ether oxygens (including phenoxy) is 1. The summed E-state index contributed by atoms with van der Waals surface area (Å²) >= 11 is 0. The van der Waals surface area contributed by atoms with Crippen molar-refractivity contribution < 1.29 is 9.53 Å². The maximum absolute atomic E-state index is 13.6. The molecule has 1 aliphatic heterocycles. The van der Waals surface area contributed by atoms with Crippen LogP contribution in [0.25, 0.3) is 10.9 Å². The van der Waals surface area contributed by atoms with Crippen molar-refractivity contribution in [3.8, 4) is 5.75 Å². The highest BCUT2D eigenvalue weighted by Gasteiger charge is 2.34. The summed E-state index contributed by atoms with van der Waals surface area (Å²) in [7, 11) is 3.65. The maximum Gasteiger partial charge on any atom is 0.237 e. The molecule has 6 heteroatoms. The van der Waals surface area contributed by atoms with Crippen LogP contribution in [0.5, 0.6) is 5.75 Å². The summed E-state index contributed by atoms with van der Waals surface area (Å²) in [6.07, 6.45) is 4.44. The zero-order valence-electron chi connectivity index (χ0n) is 19.0. The van der Waals surface area contributed by atoms with Crippen LogP contribution in [-0.4, -0.2) is 52.9 Å². The first kappa shape index (κ1) is 21.2. The highest BCUT2D eigenvalue weighted by Crippen LogP contribution is 2.39. The number of likely N-dealkylation sites (N-methyl/N-ethyl adjacent to an activating group) is 1. The number of H-pyrrole nitrogens is 1.